The van der Waals surface area contributed by atoms with Gasteiger partial charge in [-0.2, -0.15) is 0 Å². The molecular formula is C18H19N3O2S2. The van der Waals surface area contributed by atoms with Gasteiger partial charge in [0.1, 0.15) is 10.6 Å². The maximum atomic E-state index is 12.9. The van der Waals surface area contributed by atoms with Crippen LogP contribution < -0.4 is 10.3 Å². The molecule has 0 atom stereocenters. The quantitative estimate of drug-likeness (QED) is 0.372. The Hall–Kier alpha value is -2.12. The molecule has 3 heterocycles. The molecule has 0 bridgehead atoms. The van der Waals surface area contributed by atoms with Gasteiger partial charge in [-0.3, -0.25) is 14.3 Å². The van der Waals surface area contributed by atoms with Crippen LogP contribution in [0.4, 0.5) is 0 Å². The van der Waals surface area contributed by atoms with Crippen LogP contribution in [0.2, 0.25) is 0 Å². The molecule has 5 nitrogen and oxygen atoms in total. The lowest BCUT2D eigenvalue weighted by Gasteiger charge is -2.10. The summed E-state index contributed by atoms with van der Waals surface area (Å²) in [6, 6.07) is 3.79. The molecule has 0 aliphatic heterocycles. The Kier molecular flexibility index (Phi) is 5.24. The van der Waals surface area contributed by atoms with Crippen molar-refractivity contribution in [1.82, 2.24) is 14.5 Å². The number of methoxy groups -OCH3 is 1. The van der Waals surface area contributed by atoms with Crippen molar-refractivity contribution in [2.75, 3.05) is 7.11 Å². The molecule has 0 fully saturated rings. The second kappa shape index (κ2) is 7.41. The van der Waals surface area contributed by atoms with Crippen molar-refractivity contribution in [2.24, 2.45) is 0 Å². The Morgan fingerprint density at radius 1 is 1.40 bits per heavy atom. The van der Waals surface area contributed by atoms with Crippen molar-refractivity contribution in [3.05, 3.63) is 57.5 Å². The maximum absolute atomic E-state index is 12.9. The van der Waals surface area contributed by atoms with Crippen LogP contribution in [0.1, 0.15) is 16.1 Å². The van der Waals surface area contributed by atoms with Crippen LogP contribution in [-0.4, -0.2) is 21.6 Å². The third-order valence-corrected chi connectivity index (χ3v) is 6.06. The summed E-state index contributed by atoms with van der Waals surface area (Å²) in [6.07, 6.45) is 3.41. The van der Waals surface area contributed by atoms with Crippen LogP contribution in [0.15, 0.2) is 40.9 Å². The number of rotatable bonds is 6. The highest BCUT2D eigenvalue weighted by Crippen LogP contribution is 2.29. The zero-order valence-corrected chi connectivity index (χ0v) is 16.0. The molecule has 25 heavy (non-hydrogen) atoms. The fraction of sp³-hybridized carbons (Fsp3) is 0.278. The Morgan fingerprint density at radius 2 is 2.20 bits per heavy atom. The Balaban J connectivity index is 1.97. The average molecular weight is 374 g/mol. The standard InChI is InChI=1S/C18H19N3O2S2/c1-5-8-21-17(22)15-11(2)12(3)25-16(15)20-18(21)24-10-13-6-7-14(23-4)9-19-13/h5-7,9H,1,8,10H2,2-4H3. The first-order valence-corrected chi connectivity index (χ1v) is 9.58. The molecule has 7 heteroatoms. The van der Waals surface area contributed by atoms with Crippen molar-refractivity contribution in [3.8, 4) is 5.75 Å². The van der Waals surface area contributed by atoms with E-state index in [2.05, 4.69) is 11.6 Å². The van der Waals surface area contributed by atoms with Crippen LogP contribution in [0.25, 0.3) is 10.2 Å². The lowest BCUT2D eigenvalue weighted by molar-refractivity contribution is 0.412. The summed E-state index contributed by atoms with van der Waals surface area (Å²) in [7, 11) is 1.61. The van der Waals surface area contributed by atoms with Gasteiger partial charge in [0.15, 0.2) is 5.16 Å². The van der Waals surface area contributed by atoms with Crippen molar-refractivity contribution >= 4 is 33.3 Å². The Morgan fingerprint density at radius 3 is 2.84 bits per heavy atom. The van der Waals surface area contributed by atoms with Crippen LogP contribution in [0.5, 0.6) is 5.75 Å². The zero-order valence-electron chi connectivity index (χ0n) is 14.4. The van der Waals surface area contributed by atoms with E-state index in [1.54, 1.807) is 35.3 Å². The first-order chi connectivity index (χ1) is 12.0. The summed E-state index contributed by atoms with van der Waals surface area (Å²) in [4.78, 5) is 23.9. The molecule has 3 aromatic rings. The second-order valence-electron chi connectivity index (χ2n) is 5.54. The van der Waals surface area contributed by atoms with Gasteiger partial charge in [0.2, 0.25) is 0 Å². The van der Waals surface area contributed by atoms with Crippen LogP contribution in [0, 0.1) is 13.8 Å². The number of allylic oxidation sites excluding steroid dienone is 1. The molecule has 130 valence electrons. The fourth-order valence-electron chi connectivity index (χ4n) is 2.46. The largest absolute Gasteiger partial charge is 0.495 e. The normalized spacial score (nSPS) is 11.0. The summed E-state index contributed by atoms with van der Waals surface area (Å²) in [5.41, 5.74) is 1.92. The van der Waals surface area contributed by atoms with Crippen LogP contribution >= 0.6 is 23.1 Å². The molecule has 0 radical (unpaired) electrons. The number of nitrogens with zero attached hydrogens (tertiary/aromatic N) is 3. The van der Waals surface area contributed by atoms with Gasteiger partial charge in [0, 0.05) is 17.2 Å². The van der Waals surface area contributed by atoms with Crippen molar-refractivity contribution in [1.29, 1.82) is 0 Å². The van der Waals surface area contributed by atoms with Crippen molar-refractivity contribution in [2.45, 2.75) is 31.3 Å². The lowest BCUT2D eigenvalue weighted by atomic mass is 10.2. The van der Waals surface area contributed by atoms with Gasteiger partial charge in [0.05, 0.1) is 24.4 Å². The van der Waals surface area contributed by atoms with Crippen molar-refractivity contribution in [3.63, 3.8) is 0 Å². The Bertz CT molecular complexity index is 975. The van der Waals surface area contributed by atoms with Gasteiger partial charge in [-0.25, -0.2) is 4.98 Å². The zero-order chi connectivity index (χ0) is 18.0. The van der Waals surface area contributed by atoms with Crippen LogP contribution in [-0.2, 0) is 12.3 Å². The highest BCUT2D eigenvalue weighted by Gasteiger charge is 2.16. The van der Waals surface area contributed by atoms with E-state index in [1.165, 1.54) is 11.8 Å². The molecule has 0 saturated heterocycles. The van der Waals surface area contributed by atoms with Gasteiger partial charge >= 0.3 is 0 Å². The molecular weight excluding hydrogens is 354 g/mol. The molecule has 0 N–H and O–H groups in total. The first kappa shape index (κ1) is 17.7. The molecule has 0 unspecified atom stereocenters. The third-order valence-electron chi connectivity index (χ3n) is 3.95. The third kappa shape index (κ3) is 3.48. The summed E-state index contributed by atoms with van der Waals surface area (Å²) in [5.74, 6) is 1.35. The minimum Gasteiger partial charge on any atom is -0.495 e. The fourth-order valence-corrected chi connectivity index (χ4v) is 4.46. The SMILES string of the molecule is C=CCn1c(SCc2ccc(OC)cn2)nc2sc(C)c(C)c2c1=O. The summed E-state index contributed by atoms with van der Waals surface area (Å²) < 4.78 is 6.81. The number of fused-ring (bicyclic) bond motifs is 1. The lowest BCUT2D eigenvalue weighted by Crippen LogP contribution is -2.22. The summed E-state index contributed by atoms with van der Waals surface area (Å²) >= 11 is 3.07. The topological polar surface area (TPSA) is 57.0 Å². The molecule has 0 aromatic carbocycles. The van der Waals surface area contributed by atoms with Gasteiger partial charge in [-0.15, -0.1) is 17.9 Å². The van der Waals surface area contributed by atoms with E-state index in [9.17, 15) is 4.79 Å². The monoisotopic (exact) mass is 373 g/mol. The summed E-state index contributed by atoms with van der Waals surface area (Å²) in [5, 5.41) is 1.41. The van der Waals surface area contributed by atoms with E-state index >= 15 is 0 Å². The van der Waals surface area contributed by atoms with E-state index in [0.717, 1.165) is 32.1 Å². The van der Waals surface area contributed by atoms with Crippen LogP contribution in [0.3, 0.4) is 0 Å². The number of aryl methyl sites for hydroxylation is 2. The number of thiophene rings is 1. The van der Waals surface area contributed by atoms with Gasteiger partial charge < -0.3 is 4.74 Å². The number of ether oxygens (including phenoxy) is 1. The van der Waals surface area contributed by atoms with E-state index in [-0.39, 0.29) is 5.56 Å². The predicted molar refractivity (Wildman–Crippen MR) is 104 cm³/mol. The maximum Gasteiger partial charge on any atom is 0.263 e. The first-order valence-electron chi connectivity index (χ1n) is 7.78. The number of aromatic nitrogens is 3. The molecule has 0 spiro atoms. The van der Waals surface area contributed by atoms with E-state index in [4.69, 9.17) is 9.72 Å². The predicted octanol–water partition coefficient (Wildman–Crippen LogP) is 3.96. The number of pyridine rings is 1. The molecule has 3 aromatic heterocycles. The van der Waals surface area contributed by atoms with Gasteiger partial charge in [0.25, 0.3) is 5.56 Å². The van der Waals surface area contributed by atoms with E-state index in [1.807, 2.05) is 26.0 Å². The molecule has 3 rings (SSSR count). The van der Waals surface area contributed by atoms with Gasteiger partial charge in [-0.1, -0.05) is 17.8 Å². The average Bonchev–Trinajstić information content (AvgIpc) is 2.90. The highest BCUT2D eigenvalue weighted by molar-refractivity contribution is 7.98. The number of hydrogen-bond donors (Lipinski definition) is 0. The molecule has 0 aliphatic rings. The highest BCUT2D eigenvalue weighted by atomic mass is 32.2. The number of thioether (sulfide) groups is 1. The Labute approximate surface area is 154 Å². The second-order valence-corrected chi connectivity index (χ2v) is 7.69. The summed E-state index contributed by atoms with van der Waals surface area (Å²) in [6.45, 7) is 8.20. The molecule has 0 amide bonds. The van der Waals surface area contributed by atoms with Crippen molar-refractivity contribution < 1.29 is 4.74 Å². The molecule has 0 saturated carbocycles. The minimum atomic E-state index is -0.00283. The minimum absolute atomic E-state index is 0.00283. The smallest absolute Gasteiger partial charge is 0.263 e. The molecule has 0 aliphatic carbocycles. The number of hydrogen-bond acceptors (Lipinski definition) is 6. The van der Waals surface area contributed by atoms with Gasteiger partial charge in [-0.05, 0) is 31.5 Å². The van der Waals surface area contributed by atoms with E-state index in [0.29, 0.717) is 17.5 Å². The van der Waals surface area contributed by atoms with E-state index < -0.39 is 0 Å².